The number of hydrogen-bond donors (Lipinski definition) is 1. The molecule has 0 aliphatic heterocycles. The van der Waals surface area contributed by atoms with Crippen molar-refractivity contribution in [3.05, 3.63) is 82.9 Å². The number of methoxy groups -OCH3 is 2. The molecular formula is C28H26N2O6S. The maximum Gasteiger partial charge on any atom is 0.336 e. The highest BCUT2D eigenvalue weighted by Crippen LogP contribution is 2.32. The molecule has 0 spiro atoms. The summed E-state index contributed by atoms with van der Waals surface area (Å²) >= 11 is 1.04. The van der Waals surface area contributed by atoms with Gasteiger partial charge in [0, 0.05) is 17.6 Å². The molecule has 37 heavy (non-hydrogen) atoms. The largest absolute Gasteiger partial charge is 0.493 e. The van der Waals surface area contributed by atoms with Crippen LogP contribution in [0.3, 0.4) is 0 Å². The number of carboxylic acid groups (broad SMARTS) is 1. The molecule has 0 bridgehead atoms. The van der Waals surface area contributed by atoms with Gasteiger partial charge in [-0.05, 0) is 73.5 Å². The number of ketones is 1. The van der Waals surface area contributed by atoms with E-state index in [9.17, 15) is 14.7 Å². The number of carbonyl (C=O) groups excluding carboxylic acids is 1. The molecule has 0 amide bonds. The van der Waals surface area contributed by atoms with Crippen LogP contribution in [0.5, 0.6) is 17.2 Å². The van der Waals surface area contributed by atoms with Crippen LogP contribution in [0, 0.1) is 0 Å². The maximum atomic E-state index is 13.8. The van der Waals surface area contributed by atoms with Gasteiger partial charge in [0.1, 0.15) is 16.8 Å². The number of hydrogen-bond acceptors (Lipinski definition) is 8. The zero-order chi connectivity index (χ0) is 26.5. The molecular weight excluding hydrogens is 492 g/mol. The Hall–Kier alpha value is -4.24. The van der Waals surface area contributed by atoms with Gasteiger partial charge in [0.15, 0.2) is 17.3 Å². The van der Waals surface area contributed by atoms with Crippen molar-refractivity contribution in [1.82, 2.24) is 8.75 Å². The first kappa shape index (κ1) is 25.8. The lowest BCUT2D eigenvalue weighted by Gasteiger charge is -2.15. The van der Waals surface area contributed by atoms with Crippen molar-refractivity contribution in [1.29, 1.82) is 0 Å². The normalized spacial score (nSPS) is 11.8. The average molecular weight is 519 g/mol. The zero-order valence-electron chi connectivity index (χ0n) is 20.8. The number of Topliss-reactive ketones (excluding diaryl/α,β-unsaturated/α-hetero) is 1. The molecule has 190 valence electrons. The van der Waals surface area contributed by atoms with Crippen LogP contribution in [0.15, 0.2) is 66.2 Å². The number of ether oxygens (including phenoxy) is 3. The van der Waals surface area contributed by atoms with E-state index in [1.807, 2.05) is 13.8 Å². The van der Waals surface area contributed by atoms with E-state index in [1.165, 1.54) is 14.2 Å². The van der Waals surface area contributed by atoms with Crippen molar-refractivity contribution in [3.8, 4) is 17.2 Å². The number of aliphatic carboxylic acids is 1. The third-order valence-electron chi connectivity index (χ3n) is 5.65. The lowest BCUT2D eigenvalue weighted by Crippen LogP contribution is -2.14. The minimum Gasteiger partial charge on any atom is -0.493 e. The molecule has 1 N–H and O–H groups in total. The van der Waals surface area contributed by atoms with E-state index >= 15 is 0 Å². The standard InChI is InChI=1S/C28H26N2O6S/c1-16(2)36-20-9-6-18(7-10-20)27(31)21(13-17-5-12-24(34-3)25(14-17)35-4)26(28(32)33)19-8-11-22-23(15-19)30-37-29-22/h5-12,14-16H,13H2,1-4H3,(H,32,33)/b26-21+. The molecule has 4 rings (SSSR count). The molecule has 0 unspecified atom stereocenters. The molecule has 9 heteroatoms. The molecule has 0 atom stereocenters. The highest BCUT2D eigenvalue weighted by atomic mass is 32.1. The van der Waals surface area contributed by atoms with E-state index in [-0.39, 0.29) is 23.7 Å². The Morgan fingerprint density at radius 2 is 1.54 bits per heavy atom. The topological polar surface area (TPSA) is 108 Å². The molecule has 0 saturated heterocycles. The van der Waals surface area contributed by atoms with Crippen molar-refractivity contribution in [2.45, 2.75) is 26.4 Å². The number of benzene rings is 3. The van der Waals surface area contributed by atoms with Gasteiger partial charge >= 0.3 is 5.97 Å². The summed E-state index contributed by atoms with van der Waals surface area (Å²) < 4.78 is 24.8. The van der Waals surface area contributed by atoms with Crippen molar-refractivity contribution in [2.75, 3.05) is 14.2 Å². The van der Waals surface area contributed by atoms with Gasteiger partial charge in [-0.25, -0.2) is 4.79 Å². The highest BCUT2D eigenvalue weighted by Gasteiger charge is 2.25. The molecule has 1 heterocycles. The molecule has 4 aromatic rings. The van der Waals surface area contributed by atoms with Crippen molar-refractivity contribution in [2.24, 2.45) is 0 Å². The van der Waals surface area contributed by atoms with Gasteiger partial charge in [0.25, 0.3) is 0 Å². The van der Waals surface area contributed by atoms with Crippen LogP contribution in [0.2, 0.25) is 0 Å². The molecule has 8 nitrogen and oxygen atoms in total. The van der Waals surface area contributed by atoms with Crippen molar-refractivity contribution < 1.29 is 28.9 Å². The van der Waals surface area contributed by atoms with Crippen LogP contribution in [-0.4, -0.2) is 45.9 Å². The summed E-state index contributed by atoms with van der Waals surface area (Å²) in [6, 6.07) is 16.9. The van der Waals surface area contributed by atoms with Crippen LogP contribution < -0.4 is 14.2 Å². The van der Waals surface area contributed by atoms with Gasteiger partial charge in [0.2, 0.25) is 0 Å². The Labute approximate surface area is 218 Å². The molecule has 0 fully saturated rings. The molecule has 0 saturated carbocycles. The summed E-state index contributed by atoms with van der Waals surface area (Å²) in [6.07, 6.45) is 0.0362. The van der Waals surface area contributed by atoms with E-state index < -0.39 is 11.8 Å². The van der Waals surface area contributed by atoms with Crippen LogP contribution in [-0.2, 0) is 11.2 Å². The van der Waals surface area contributed by atoms with E-state index in [0.29, 0.717) is 45.0 Å². The second-order valence-electron chi connectivity index (χ2n) is 8.51. The Balaban J connectivity index is 1.85. The molecule has 0 radical (unpaired) electrons. The summed E-state index contributed by atoms with van der Waals surface area (Å²) in [5.41, 5.74) is 2.66. The third kappa shape index (κ3) is 5.78. The number of nitrogens with zero attached hydrogens (tertiary/aromatic N) is 2. The predicted molar refractivity (Wildman–Crippen MR) is 142 cm³/mol. The third-order valence-corrected chi connectivity index (χ3v) is 6.21. The number of aromatic nitrogens is 2. The Kier molecular flexibility index (Phi) is 7.83. The Bertz CT molecular complexity index is 1470. The smallest absolute Gasteiger partial charge is 0.336 e. The first-order valence-corrected chi connectivity index (χ1v) is 12.2. The number of carboxylic acids is 1. The molecule has 0 aliphatic rings. The number of carbonyl (C=O) groups is 2. The average Bonchev–Trinajstić information content (AvgIpc) is 3.36. The lowest BCUT2D eigenvalue weighted by molar-refractivity contribution is -0.130. The van der Waals surface area contributed by atoms with Crippen LogP contribution >= 0.6 is 11.7 Å². The van der Waals surface area contributed by atoms with Gasteiger partial charge in [-0.2, -0.15) is 8.75 Å². The Morgan fingerprint density at radius 3 is 2.19 bits per heavy atom. The zero-order valence-corrected chi connectivity index (χ0v) is 21.7. The summed E-state index contributed by atoms with van der Waals surface area (Å²) in [5.74, 6) is 0.0143. The van der Waals surface area contributed by atoms with Crippen LogP contribution in [0.1, 0.15) is 35.3 Å². The first-order chi connectivity index (χ1) is 17.8. The number of rotatable bonds is 10. The van der Waals surface area contributed by atoms with Gasteiger partial charge < -0.3 is 19.3 Å². The van der Waals surface area contributed by atoms with E-state index in [4.69, 9.17) is 14.2 Å². The molecule has 3 aromatic carbocycles. The SMILES string of the molecule is COc1ccc(C/C(C(=O)c2ccc(OC(C)C)cc2)=C(\C(=O)O)c2ccc3nsnc3c2)cc1OC. The maximum absolute atomic E-state index is 13.8. The van der Waals surface area contributed by atoms with Gasteiger partial charge in [-0.1, -0.05) is 12.1 Å². The fourth-order valence-electron chi connectivity index (χ4n) is 3.97. The second kappa shape index (κ2) is 11.2. The molecule has 0 aliphatic carbocycles. The van der Waals surface area contributed by atoms with Gasteiger partial charge in [-0.3, -0.25) is 4.79 Å². The van der Waals surface area contributed by atoms with Crippen molar-refractivity contribution >= 4 is 40.1 Å². The van der Waals surface area contributed by atoms with Gasteiger partial charge in [-0.15, -0.1) is 0 Å². The molecule has 1 aromatic heterocycles. The Morgan fingerprint density at radius 1 is 0.865 bits per heavy atom. The quantitative estimate of drug-likeness (QED) is 0.218. The van der Waals surface area contributed by atoms with Crippen LogP contribution in [0.4, 0.5) is 0 Å². The van der Waals surface area contributed by atoms with E-state index in [0.717, 1.165) is 11.7 Å². The lowest BCUT2D eigenvalue weighted by atomic mass is 9.89. The first-order valence-electron chi connectivity index (χ1n) is 11.5. The summed E-state index contributed by atoms with van der Waals surface area (Å²) in [6.45, 7) is 3.83. The van der Waals surface area contributed by atoms with E-state index in [2.05, 4.69) is 8.75 Å². The summed E-state index contributed by atoms with van der Waals surface area (Å²) in [5, 5.41) is 10.3. The minimum atomic E-state index is -1.22. The van der Waals surface area contributed by atoms with E-state index in [1.54, 1.807) is 60.7 Å². The fourth-order valence-corrected chi connectivity index (χ4v) is 4.49. The predicted octanol–water partition coefficient (Wildman–Crippen LogP) is 5.46. The van der Waals surface area contributed by atoms with Crippen LogP contribution in [0.25, 0.3) is 16.6 Å². The fraction of sp³-hybridized carbons (Fsp3) is 0.214. The van der Waals surface area contributed by atoms with Crippen molar-refractivity contribution in [3.63, 3.8) is 0 Å². The number of allylic oxidation sites excluding steroid dienone is 1. The monoisotopic (exact) mass is 518 g/mol. The second-order valence-corrected chi connectivity index (χ2v) is 9.04. The highest BCUT2D eigenvalue weighted by molar-refractivity contribution is 7.00. The summed E-state index contributed by atoms with van der Waals surface area (Å²) in [4.78, 5) is 26.5. The van der Waals surface area contributed by atoms with Gasteiger partial charge in [0.05, 0.1) is 37.6 Å². The minimum absolute atomic E-state index is 0.0178. The summed E-state index contributed by atoms with van der Waals surface area (Å²) in [7, 11) is 3.05. The number of fused-ring (bicyclic) bond motifs is 1.